The summed E-state index contributed by atoms with van der Waals surface area (Å²) in [4.78, 5) is 35.7. The summed E-state index contributed by atoms with van der Waals surface area (Å²) in [6.07, 6.45) is 0. The largest absolute Gasteiger partial charge is 0.388 e. The first-order chi connectivity index (χ1) is 15.5. The van der Waals surface area contributed by atoms with Crippen LogP contribution in [-0.2, 0) is 4.79 Å². The van der Waals surface area contributed by atoms with Crippen molar-refractivity contribution in [1.29, 1.82) is 0 Å². The molecular weight excluding hydrogens is 408 g/mol. The van der Waals surface area contributed by atoms with E-state index in [9.17, 15) is 14.4 Å². The van der Waals surface area contributed by atoms with Crippen LogP contribution >= 0.6 is 0 Å². The molecule has 2 rings (SSSR count). The highest BCUT2D eigenvalue weighted by atomic mass is 16.3. The van der Waals surface area contributed by atoms with Crippen molar-refractivity contribution in [1.82, 2.24) is 10.6 Å². The zero-order valence-electron chi connectivity index (χ0n) is 17.4. The number of rotatable bonds is 8. The Morgan fingerprint density at radius 1 is 0.906 bits per heavy atom. The molecule has 0 fully saturated rings. The fraction of sp³-hybridized carbons (Fsp3) is 0.208. The Labute approximate surface area is 186 Å². The predicted octanol–water partition coefficient (Wildman–Crippen LogP) is -0.603. The van der Waals surface area contributed by atoms with Crippen molar-refractivity contribution in [3.8, 4) is 23.7 Å². The van der Waals surface area contributed by atoms with E-state index >= 15 is 0 Å². The normalized spacial score (nSPS) is 10.6. The monoisotopic (exact) mass is 432 g/mol. The molecule has 0 radical (unpaired) electrons. The van der Waals surface area contributed by atoms with E-state index in [1.807, 2.05) is 0 Å². The van der Waals surface area contributed by atoms with Gasteiger partial charge < -0.3 is 27.2 Å². The molecule has 0 aliphatic carbocycles. The van der Waals surface area contributed by atoms with Crippen LogP contribution in [0.4, 0.5) is 0 Å². The van der Waals surface area contributed by atoms with Gasteiger partial charge in [-0.25, -0.2) is 0 Å². The van der Waals surface area contributed by atoms with Gasteiger partial charge in [-0.3, -0.25) is 14.4 Å². The van der Waals surface area contributed by atoms with Crippen molar-refractivity contribution in [3.63, 3.8) is 0 Å². The summed E-state index contributed by atoms with van der Waals surface area (Å²) < 4.78 is 0. The highest BCUT2D eigenvalue weighted by Gasteiger charge is 2.18. The van der Waals surface area contributed by atoms with Crippen LogP contribution in [0, 0.1) is 23.7 Å². The molecule has 32 heavy (non-hydrogen) atoms. The average molecular weight is 432 g/mol. The van der Waals surface area contributed by atoms with Crippen molar-refractivity contribution >= 4 is 17.6 Å². The molecule has 0 spiro atoms. The van der Waals surface area contributed by atoms with Crippen LogP contribution in [0.1, 0.15) is 31.8 Å². The lowest BCUT2D eigenvalue weighted by Crippen LogP contribution is -2.46. The van der Waals surface area contributed by atoms with Gasteiger partial charge in [0.05, 0.1) is 0 Å². The number of carbonyl (C=O) groups is 3. The lowest BCUT2D eigenvalue weighted by molar-refractivity contribution is -0.123. The Morgan fingerprint density at radius 2 is 1.59 bits per heavy atom. The van der Waals surface area contributed by atoms with E-state index < -0.39 is 24.3 Å². The maximum absolute atomic E-state index is 12.2. The molecule has 2 amide bonds. The number of ketones is 1. The summed E-state index contributed by atoms with van der Waals surface area (Å²) in [6.45, 7) is -0.0305. The van der Waals surface area contributed by atoms with Crippen molar-refractivity contribution in [2.24, 2.45) is 11.5 Å². The summed E-state index contributed by atoms with van der Waals surface area (Å²) in [5.41, 5.74) is 12.9. The molecule has 7 N–H and O–H groups in total. The lowest BCUT2D eigenvalue weighted by Gasteiger charge is -2.14. The quantitative estimate of drug-likeness (QED) is 0.352. The SMILES string of the molecule is NCCNC(=O)c1cccc(C#CC#Cc2ccc(C(=O)N[C@@H](CN)C(=O)CO)cc2)c1. The average Bonchev–Trinajstić information content (AvgIpc) is 2.83. The van der Waals surface area contributed by atoms with Gasteiger partial charge >= 0.3 is 0 Å². The Bertz CT molecular complexity index is 1090. The van der Waals surface area contributed by atoms with E-state index in [1.165, 1.54) is 0 Å². The lowest BCUT2D eigenvalue weighted by atomic mass is 10.1. The van der Waals surface area contributed by atoms with E-state index in [0.29, 0.717) is 35.3 Å². The van der Waals surface area contributed by atoms with Crippen molar-refractivity contribution in [2.75, 3.05) is 26.2 Å². The maximum atomic E-state index is 12.2. The number of benzene rings is 2. The third kappa shape index (κ3) is 7.38. The second kappa shape index (κ2) is 12.7. The van der Waals surface area contributed by atoms with Crippen molar-refractivity contribution in [2.45, 2.75) is 6.04 Å². The summed E-state index contributed by atoms with van der Waals surface area (Å²) in [5, 5.41) is 14.1. The Balaban J connectivity index is 2.01. The van der Waals surface area contributed by atoms with E-state index in [2.05, 4.69) is 34.3 Å². The minimum absolute atomic E-state index is 0.103. The van der Waals surface area contributed by atoms with Gasteiger partial charge in [-0.2, -0.15) is 0 Å². The second-order valence-corrected chi connectivity index (χ2v) is 6.59. The Kier molecular flexibility index (Phi) is 9.64. The van der Waals surface area contributed by atoms with Crippen LogP contribution in [0.3, 0.4) is 0 Å². The van der Waals surface area contributed by atoms with Gasteiger partial charge in [-0.1, -0.05) is 17.9 Å². The number of nitrogens with one attached hydrogen (secondary N) is 2. The molecule has 1 atom stereocenters. The number of amides is 2. The number of carbonyl (C=O) groups excluding carboxylic acids is 3. The van der Waals surface area contributed by atoms with Gasteiger partial charge in [-0.05, 0) is 54.3 Å². The molecule has 0 aliphatic heterocycles. The Morgan fingerprint density at radius 3 is 2.22 bits per heavy atom. The highest BCUT2D eigenvalue weighted by Crippen LogP contribution is 2.05. The fourth-order valence-corrected chi connectivity index (χ4v) is 2.56. The van der Waals surface area contributed by atoms with Gasteiger partial charge in [-0.15, -0.1) is 0 Å². The number of nitrogens with two attached hydrogens (primary N) is 2. The molecule has 0 saturated heterocycles. The molecule has 8 nitrogen and oxygen atoms in total. The third-order valence-electron chi connectivity index (χ3n) is 4.26. The summed E-state index contributed by atoms with van der Waals surface area (Å²) in [7, 11) is 0. The van der Waals surface area contributed by atoms with Crippen LogP contribution in [0.2, 0.25) is 0 Å². The van der Waals surface area contributed by atoms with Crippen LogP contribution in [-0.4, -0.2) is 55.0 Å². The number of hydrogen-bond donors (Lipinski definition) is 5. The van der Waals surface area contributed by atoms with Crippen LogP contribution in [0.15, 0.2) is 48.5 Å². The fourth-order valence-electron chi connectivity index (χ4n) is 2.56. The van der Waals surface area contributed by atoms with Gasteiger partial charge in [0.2, 0.25) is 0 Å². The number of Topliss-reactive ketones (excluding diaryl/α,β-unsaturated/α-hetero) is 1. The van der Waals surface area contributed by atoms with Gasteiger partial charge in [0.15, 0.2) is 5.78 Å². The molecule has 164 valence electrons. The topological polar surface area (TPSA) is 148 Å². The van der Waals surface area contributed by atoms with Gasteiger partial charge in [0.1, 0.15) is 12.6 Å². The number of aliphatic hydroxyl groups excluding tert-OH is 1. The number of hydrogen-bond acceptors (Lipinski definition) is 6. The predicted molar refractivity (Wildman–Crippen MR) is 120 cm³/mol. The first kappa shape index (κ1) is 24.3. The van der Waals surface area contributed by atoms with Crippen molar-refractivity contribution < 1.29 is 19.5 Å². The van der Waals surface area contributed by atoms with E-state index in [0.717, 1.165) is 0 Å². The zero-order valence-corrected chi connectivity index (χ0v) is 17.4. The molecular formula is C24H24N4O4. The maximum Gasteiger partial charge on any atom is 0.251 e. The van der Waals surface area contributed by atoms with Gasteiger partial charge in [0, 0.05) is 41.9 Å². The van der Waals surface area contributed by atoms with Crippen LogP contribution in [0.25, 0.3) is 0 Å². The van der Waals surface area contributed by atoms with Crippen LogP contribution < -0.4 is 22.1 Å². The zero-order chi connectivity index (χ0) is 23.3. The minimum atomic E-state index is -0.938. The third-order valence-corrected chi connectivity index (χ3v) is 4.26. The van der Waals surface area contributed by atoms with Crippen molar-refractivity contribution in [3.05, 3.63) is 70.8 Å². The molecule has 0 unspecified atom stereocenters. The standard InChI is InChI=1S/C24H24N4O4/c25-12-13-27-23(31)20-7-3-6-18(14-20)5-2-1-4-17-8-10-19(11-9-17)24(32)28-21(15-26)22(30)16-29/h3,6-11,14,21,29H,12-13,15-16,25-26H2,(H,27,31)(H,28,32)/t21-/m0/s1. The second-order valence-electron chi connectivity index (χ2n) is 6.59. The molecule has 8 heteroatoms. The van der Waals surface area contributed by atoms with Gasteiger partial charge in [0.25, 0.3) is 11.8 Å². The first-order valence-electron chi connectivity index (χ1n) is 9.83. The van der Waals surface area contributed by atoms with E-state index in [4.69, 9.17) is 16.6 Å². The summed E-state index contributed by atoms with van der Waals surface area (Å²) >= 11 is 0. The molecule has 0 bridgehead atoms. The van der Waals surface area contributed by atoms with E-state index in [-0.39, 0.29) is 12.5 Å². The molecule has 2 aromatic carbocycles. The molecule has 0 aliphatic rings. The van der Waals surface area contributed by atoms with Crippen LogP contribution in [0.5, 0.6) is 0 Å². The number of aliphatic hydroxyl groups is 1. The summed E-state index contributed by atoms with van der Waals surface area (Å²) in [5.74, 6) is 9.97. The Hall–Kier alpha value is -3.95. The highest BCUT2D eigenvalue weighted by molar-refractivity contribution is 5.98. The molecule has 0 aromatic heterocycles. The minimum Gasteiger partial charge on any atom is -0.388 e. The smallest absolute Gasteiger partial charge is 0.251 e. The summed E-state index contributed by atoms with van der Waals surface area (Å²) in [6, 6.07) is 12.4. The van der Waals surface area contributed by atoms with E-state index in [1.54, 1.807) is 48.5 Å². The molecule has 2 aromatic rings. The molecule has 0 saturated carbocycles. The first-order valence-corrected chi connectivity index (χ1v) is 9.83. The molecule has 0 heterocycles.